The van der Waals surface area contributed by atoms with Crippen LogP contribution in [0, 0.1) is 11.3 Å². The molecule has 0 aliphatic carbocycles. The normalized spacial score (nSPS) is 10.9. The number of halogens is 1. The zero-order valence-electron chi connectivity index (χ0n) is 17.0. The molecule has 0 aliphatic rings. The number of nitriles is 1. The Labute approximate surface area is 185 Å². The lowest BCUT2D eigenvalue weighted by atomic mass is 10.00. The van der Waals surface area contributed by atoms with Crippen molar-refractivity contribution in [3.05, 3.63) is 77.3 Å². The van der Waals surface area contributed by atoms with Gasteiger partial charge in [-0.05, 0) is 29.8 Å². The number of nitrogens with zero attached hydrogens (tertiary/aromatic N) is 1. The number of hydrogen-bond acceptors (Lipinski definition) is 4. The van der Waals surface area contributed by atoms with Crippen molar-refractivity contribution in [2.75, 3.05) is 27.1 Å². The van der Waals surface area contributed by atoms with E-state index in [-0.39, 0.29) is 6.79 Å². The highest BCUT2D eigenvalue weighted by atomic mass is 35.5. The fourth-order valence-electron chi connectivity index (χ4n) is 3.44. The van der Waals surface area contributed by atoms with E-state index < -0.39 is 0 Å². The molecule has 4 rings (SSSR count). The van der Waals surface area contributed by atoms with Crippen molar-refractivity contribution >= 4 is 22.5 Å². The van der Waals surface area contributed by atoms with Gasteiger partial charge in [-0.15, -0.1) is 0 Å². The van der Waals surface area contributed by atoms with Gasteiger partial charge in [-0.25, -0.2) is 0 Å². The predicted molar refractivity (Wildman–Crippen MR) is 122 cm³/mol. The van der Waals surface area contributed by atoms with Crippen molar-refractivity contribution in [2.24, 2.45) is 0 Å². The van der Waals surface area contributed by atoms with Crippen LogP contribution >= 0.6 is 11.6 Å². The third-order valence-corrected chi connectivity index (χ3v) is 5.25. The number of aromatic nitrogens is 1. The van der Waals surface area contributed by atoms with Crippen molar-refractivity contribution < 1.29 is 14.2 Å². The summed E-state index contributed by atoms with van der Waals surface area (Å²) in [6, 6.07) is 23.8. The average Bonchev–Trinajstić information content (AvgIpc) is 3.21. The molecule has 1 aromatic heterocycles. The molecule has 156 valence electrons. The molecule has 0 amide bonds. The van der Waals surface area contributed by atoms with Gasteiger partial charge < -0.3 is 19.2 Å². The van der Waals surface area contributed by atoms with E-state index in [0.29, 0.717) is 29.5 Å². The van der Waals surface area contributed by atoms with Crippen LogP contribution in [0.5, 0.6) is 5.75 Å². The second-order valence-electron chi connectivity index (χ2n) is 6.93. The van der Waals surface area contributed by atoms with Gasteiger partial charge in [0.2, 0.25) is 0 Å². The van der Waals surface area contributed by atoms with Gasteiger partial charge in [0.15, 0.2) is 6.79 Å². The highest BCUT2D eigenvalue weighted by Gasteiger charge is 2.16. The topological polar surface area (TPSA) is 67.3 Å². The highest BCUT2D eigenvalue weighted by molar-refractivity contribution is 6.32. The number of rotatable bonds is 8. The number of ether oxygens (including phenoxy) is 3. The van der Waals surface area contributed by atoms with Crippen molar-refractivity contribution in [1.29, 1.82) is 5.26 Å². The van der Waals surface area contributed by atoms with E-state index in [9.17, 15) is 5.26 Å². The maximum Gasteiger partial charge on any atom is 0.189 e. The Balaban J connectivity index is 1.78. The molecule has 0 atom stereocenters. The number of nitrogens with one attached hydrogen (secondary N) is 1. The number of para-hydroxylation sites is 1. The SMILES string of the molecule is COCCOCOc1c(-c2ccccc2)cccc1-c1cc2cc(C#N)c(Cl)cc2[nH]1. The minimum Gasteiger partial charge on any atom is -0.466 e. The Kier molecular flexibility index (Phi) is 6.54. The molecule has 0 unspecified atom stereocenters. The molecule has 0 aliphatic heterocycles. The molecule has 31 heavy (non-hydrogen) atoms. The first-order valence-corrected chi connectivity index (χ1v) is 10.2. The van der Waals surface area contributed by atoms with Crippen LogP contribution in [-0.4, -0.2) is 32.1 Å². The van der Waals surface area contributed by atoms with Crippen molar-refractivity contribution in [1.82, 2.24) is 4.98 Å². The van der Waals surface area contributed by atoms with Gasteiger partial charge in [0.05, 0.1) is 29.5 Å². The zero-order valence-corrected chi connectivity index (χ0v) is 17.8. The Morgan fingerprint density at radius 2 is 1.77 bits per heavy atom. The van der Waals surface area contributed by atoms with Gasteiger partial charge in [0.25, 0.3) is 0 Å². The van der Waals surface area contributed by atoms with E-state index in [1.807, 2.05) is 54.6 Å². The minimum atomic E-state index is 0.102. The summed E-state index contributed by atoms with van der Waals surface area (Å²) in [5.74, 6) is 0.712. The second-order valence-corrected chi connectivity index (χ2v) is 7.33. The summed E-state index contributed by atoms with van der Waals surface area (Å²) >= 11 is 6.21. The molecule has 5 nitrogen and oxygen atoms in total. The van der Waals surface area contributed by atoms with Crippen LogP contribution in [0.3, 0.4) is 0 Å². The third kappa shape index (κ3) is 4.57. The summed E-state index contributed by atoms with van der Waals surface area (Å²) in [6.07, 6.45) is 0. The highest BCUT2D eigenvalue weighted by Crippen LogP contribution is 2.40. The smallest absolute Gasteiger partial charge is 0.189 e. The molecule has 3 aromatic carbocycles. The lowest BCUT2D eigenvalue weighted by Gasteiger charge is -2.16. The number of fused-ring (bicyclic) bond motifs is 1. The molecule has 1 N–H and O–H groups in total. The quantitative estimate of drug-likeness (QED) is 0.273. The first-order valence-electron chi connectivity index (χ1n) is 9.82. The first kappa shape index (κ1) is 21.0. The maximum absolute atomic E-state index is 9.28. The van der Waals surface area contributed by atoms with Crippen LogP contribution < -0.4 is 4.74 Å². The van der Waals surface area contributed by atoms with Crippen LogP contribution in [0.4, 0.5) is 0 Å². The average molecular weight is 433 g/mol. The zero-order chi connectivity index (χ0) is 21.6. The number of methoxy groups -OCH3 is 1. The molecular weight excluding hydrogens is 412 g/mol. The summed E-state index contributed by atoms with van der Waals surface area (Å²) in [5.41, 5.74) is 5.06. The van der Waals surface area contributed by atoms with Crippen LogP contribution in [0.2, 0.25) is 5.02 Å². The Morgan fingerprint density at radius 1 is 0.968 bits per heavy atom. The molecule has 6 heteroatoms. The molecular formula is C25H21ClN2O3. The molecule has 0 saturated carbocycles. The molecule has 0 fully saturated rings. The minimum absolute atomic E-state index is 0.102. The summed E-state index contributed by atoms with van der Waals surface area (Å²) in [5, 5.41) is 10.6. The number of hydrogen-bond donors (Lipinski definition) is 1. The van der Waals surface area contributed by atoms with Crippen LogP contribution in [-0.2, 0) is 9.47 Å². The molecule has 0 bridgehead atoms. The summed E-state index contributed by atoms with van der Waals surface area (Å²) in [6.45, 7) is 1.05. The van der Waals surface area contributed by atoms with E-state index in [1.165, 1.54) is 0 Å². The van der Waals surface area contributed by atoms with E-state index in [0.717, 1.165) is 33.3 Å². The number of aromatic amines is 1. The van der Waals surface area contributed by atoms with Gasteiger partial charge in [-0.3, -0.25) is 0 Å². The molecule has 0 saturated heterocycles. The molecule has 0 radical (unpaired) electrons. The van der Waals surface area contributed by atoms with Crippen molar-refractivity contribution in [2.45, 2.75) is 0 Å². The van der Waals surface area contributed by atoms with E-state index >= 15 is 0 Å². The van der Waals surface area contributed by atoms with Gasteiger partial charge in [0.1, 0.15) is 11.8 Å². The predicted octanol–water partition coefficient (Wildman–Crippen LogP) is 6.03. The largest absolute Gasteiger partial charge is 0.466 e. The van der Waals surface area contributed by atoms with Crippen molar-refractivity contribution in [3.8, 4) is 34.2 Å². The van der Waals surface area contributed by atoms with Crippen LogP contribution in [0.25, 0.3) is 33.3 Å². The Hall–Kier alpha value is -3.30. The third-order valence-electron chi connectivity index (χ3n) is 4.94. The second kappa shape index (κ2) is 9.67. The Bertz CT molecular complexity index is 1230. The lowest BCUT2D eigenvalue weighted by molar-refractivity contribution is -0.00797. The van der Waals surface area contributed by atoms with Crippen LogP contribution in [0.15, 0.2) is 66.7 Å². The standard InChI is InChI=1S/C25H21ClN2O3/c1-29-10-11-30-16-31-25-20(17-6-3-2-4-7-17)8-5-9-21(25)24-13-18-12-19(15-27)22(26)14-23(18)28-24/h2-9,12-14,28H,10-11,16H2,1H3. The maximum atomic E-state index is 9.28. The fourth-order valence-corrected chi connectivity index (χ4v) is 3.64. The summed E-state index contributed by atoms with van der Waals surface area (Å²) in [4.78, 5) is 3.40. The summed E-state index contributed by atoms with van der Waals surface area (Å²) < 4.78 is 16.7. The van der Waals surface area contributed by atoms with E-state index in [1.54, 1.807) is 19.2 Å². The van der Waals surface area contributed by atoms with Gasteiger partial charge in [0, 0.05) is 29.1 Å². The Morgan fingerprint density at radius 3 is 2.55 bits per heavy atom. The lowest BCUT2D eigenvalue weighted by Crippen LogP contribution is -2.09. The van der Waals surface area contributed by atoms with E-state index in [4.69, 9.17) is 25.8 Å². The summed E-state index contributed by atoms with van der Waals surface area (Å²) in [7, 11) is 1.63. The monoisotopic (exact) mass is 432 g/mol. The first-order chi connectivity index (χ1) is 15.2. The molecule has 4 aromatic rings. The van der Waals surface area contributed by atoms with Gasteiger partial charge in [-0.1, -0.05) is 54.1 Å². The van der Waals surface area contributed by atoms with Gasteiger partial charge in [-0.2, -0.15) is 5.26 Å². The molecule has 1 heterocycles. The number of H-pyrrole nitrogens is 1. The molecule has 0 spiro atoms. The van der Waals surface area contributed by atoms with Crippen LogP contribution in [0.1, 0.15) is 5.56 Å². The van der Waals surface area contributed by atoms with E-state index in [2.05, 4.69) is 11.1 Å². The number of benzene rings is 3. The fraction of sp³-hybridized carbons (Fsp3) is 0.160. The van der Waals surface area contributed by atoms with Gasteiger partial charge >= 0.3 is 0 Å². The van der Waals surface area contributed by atoms with Crippen molar-refractivity contribution in [3.63, 3.8) is 0 Å².